The Labute approximate surface area is 173 Å². The van der Waals surface area contributed by atoms with E-state index in [0.29, 0.717) is 29.2 Å². The van der Waals surface area contributed by atoms with E-state index in [0.717, 1.165) is 43.0 Å². The first-order chi connectivity index (χ1) is 14.6. The van der Waals surface area contributed by atoms with Gasteiger partial charge in [-0.15, -0.1) is 0 Å². The van der Waals surface area contributed by atoms with Crippen LogP contribution in [0.5, 0.6) is 5.75 Å². The lowest BCUT2D eigenvalue weighted by Gasteiger charge is -2.48. The molecule has 7 rings (SSSR count). The second kappa shape index (κ2) is 6.42. The molecule has 2 atom stereocenters. The zero-order valence-corrected chi connectivity index (χ0v) is 16.5. The molecule has 6 heterocycles. The molecular formula is C22H22N6O2. The Morgan fingerprint density at radius 1 is 1.20 bits per heavy atom. The molecule has 4 aliphatic rings. The van der Waals surface area contributed by atoms with E-state index >= 15 is 0 Å². The van der Waals surface area contributed by atoms with Crippen molar-refractivity contribution in [1.82, 2.24) is 19.7 Å². The summed E-state index contributed by atoms with van der Waals surface area (Å²) < 4.78 is 7.67. The Morgan fingerprint density at radius 3 is 2.67 bits per heavy atom. The number of aliphatic hydroxyl groups is 1. The third kappa shape index (κ3) is 2.98. The van der Waals surface area contributed by atoms with Crippen molar-refractivity contribution in [3.05, 3.63) is 42.4 Å². The largest absolute Gasteiger partial charge is 0.490 e. The van der Waals surface area contributed by atoms with E-state index in [2.05, 4.69) is 21.3 Å². The molecule has 2 bridgehead atoms. The first kappa shape index (κ1) is 17.7. The lowest BCUT2D eigenvalue weighted by atomic mass is 9.91. The average Bonchev–Trinajstić information content (AvgIpc) is 3.35. The topological polar surface area (TPSA) is 98.7 Å². The predicted octanol–water partition coefficient (Wildman–Crippen LogP) is 1.72. The van der Waals surface area contributed by atoms with E-state index in [9.17, 15) is 10.4 Å². The summed E-state index contributed by atoms with van der Waals surface area (Å²) >= 11 is 0. The van der Waals surface area contributed by atoms with Gasteiger partial charge >= 0.3 is 0 Å². The van der Waals surface area contributed by atoms with Gasteiger partial charge < -0.3 is 20.1 Å². The van der Waals surface area contributed by atoms with Gasteiger partial charge in [-0.25, -0.2) is 9.97 Å². The van der Waals surface area contributed by atoms with E-state index in [1.807, 2.05) is 28.8 Å². The van der Waals surface area contributed by atoms with Crippen LogP contribution in [0.1, 0.15) is 25.0 Å². The molecule has 1 aliphatic carbocycles. The monoisotopic (exact) mass is 402 g/mol. The lowest BCUT2D eigenvalue weighted by molar-refractivity contribution is 0.0857. The highest BCUT2D eigenvalue weighted by atomic mass is 16.5. The number of nitriles is 1. The molecule has 0 amide bonds. The van der Waals surface area contributed by atoms with Crippen LogP contribution in [0.3, 0.4) is 0 Å². The maximum Gasteiger partial charge on any atom is 0.145 e. The maximum absolute atomic E-state index is 10.1. The van der Waals surface area contributed by atoms with Gasteiger partial charge in [0.15, 0.2) is 0 Å². The van der Waals surface area contributed by atoms with Crippen molar-refractivity contribution in [2.24, 2.45) is 0 Å². The molecule has 1 saturated carbocycles. The van der Waals surface area contributed by atoms with E-state index in [-0.39, 0.29) is 6.61 Å². The smallest absolute Gasteiger partial charge is 0.145 e. The van der Waals surface area contributed by atoms with Crippen LogP contribution >= 0.6 is 0 Å². The number of pyridine rings is 2. The Balaban J connectivity index is 1.35. The number of nitrogens with one attached hydrogen (secondary N) is 1. The van der Waals surface area contributed by atoms with Crippen molar-refractivity contribution in [1.29, 1.82) is 5.26 Å². The number of ether oxygens (including phenoxy) is 1. The number of aromatic nitrogens is 3. The molecule has 0 spiro atoms. The number of anilines is 1. The van der Waals surface area contributed by atoms with Gasteiger partial charge in [-0.2, -0.15) is 5.26 Å². The van der Waals surface area contributed by atoms with Crippen LogP contribution in [0.4, 0.5) is 5.82 Å². The average molecular weight is 402 g/mol. The third-order valence-corrected chi connectivity index (χ3v) is 6.32. The summed E-state index contributed by atoms with van der Waals surface area (Å²) in [5.41, 5.74) is 2.06. The normalized spacial score (nSPS) is 23.7. The Kier molecular flexibility index (Phi) is 3.79. The minimum absolute atomic E-state index is 0.261. The van der Waals surface area contributed by atoms with E-state index in [1.165, 1.54) is 6.42 Å². The fraction of sp³-hybridized carbons (Fsp3) is 0.409. The molecule has 0 aromatic carbocycles. The summed E-state index contributed by atoms with van der Waals surface area (Å²) in [6.45, 7) is 2.23. The molecule has 3 saturated heterocycles. The summed E-state index contributed by atoms with van der Waals surface area (Å²) in [6.07, 6.45) is 6.20. The number of piperidine rings is 1. The Bertz CT molecular complexity index is 1140. The number of hydrogen-bond acceptors (Lipinski definition) is 7. The first-order valence-electron chi connectivity index (χ1n) is 10.3. The zero-order chi connectivity index (χ0) is 20.3. The van der Waals surface area contributed by atoms with Gasteiger partial charge in [-0.1, -0.05) is 0 Å². The van der Waals surface area contributed by atoms with E-state index in [1.54, 1.807) is 12.3 Å². The van der Waals surface area contributed by atoms with Crippen LogP contribution in [0.25, 0.3) is 16.9 Å². The molecule has 30 heavy (non-hydrogen) atoms. The van der Waals surface area contributed by atoms with Crippen LogP contribution in [-0.4, -0.2) is 56.9 Å². The van der Waals surface area contributed by atoms with Crippen LogP contribution < -0.4 is 15.0 Å². The van der Waals surface area contributed by atoms with Gasteiger partial charge in [-0.3, -0.25) is 4.40 Å². The lowest BCUT2D eigenvalue weighted by Crippen LogP contribution is -2.67. The van der Waals surface area contributed by atoms with Crippen LogP contribution in [0, 0.1) is 11.3 Å². The van der Waals surface area contributed by atoms with E-state index < -0.39 is 5.60 Å². The van der Waals surface area contributed by atoms with Gasteiger partial charge in [-0.05, 0) is 31.4 Å². The van der Waals surface area contributed by atoms with Crippen molar-refractivity contribution >= 4 is 11.5 Å². The van der Waals surface area contributed by atoms with Crippen molar-refractivity contribution in [3.8, 4) is 23.1 Å². The number of nitrogens with zero attached hydrogens (tertiary/aromatic N) is 5. The zero-order valence-electron chi connectivity index (χ0n) is 16.5. The van der Waals surface area contributed by atoms with Crippen LogP contribution in [-0.2, 0) is 0 Å². The maximum atomic E-state index is 10.1. The van der Waals surface area contributed by atoms with Gasteiger partial charge in [0, 0.05) is 49.1 Å². The summed E-state index contributed by atoms with van der Waals surface area (Å²) in [7, 11) is 0. The molecular weight excluding hydrogens is 380 g/mol. The number of hydrogen-bond donors (Lipinski definition) is 2. The second-order valence-electron chi connectivity index (χ2n) is 8.64. The molecule has 2 N–H and O–H groups in total. The number of rotatable bonds is 5. The Hall–Kier alpha value is -3.15. The number of fused-ring (bicyclic) bond motifs is 3. The van der Waals surface area contributed by atoms with Crippen LogP contribution in [0.2, 0.25) is 0 Å². The second-order valence-corrected chi connectivity index (χ2v) is 8.64. The van der Waals surface area contributed by atoms with Gasteiger partial charge in [0.1, 0.15) is 35.6 Å². The standard InChI is InChI=1S/C22H22N6O2/c23-8-17-10-25-21-7-18(30-13-22(29)3-4-22)6-19(28(17)21)14-1-2-20(24-9-14)27-11-15-5-16(12-27)26-15/h1-2,6-7,9-10,15-16,26,29H,3-5,11-13H2. The molecule has 3 aliphatic heterocycles. The highest BCUT2D eigenvalue weighted by Crippen LogP contribution is 2.36. The number of piperazine rings is 1. The molecule has 4 fully saturated rings. The van der Waals surface area contributed by atoms with Gasteiger partial charge in [0.2, 0.25) is 0 Å². The molecule has 0 radical (unpaired) electrons. The summed E-state index contributed by atoms with van der Waals surface area (Å²) in [5.74, 6) is 1.60. The number of imidazole rings is 1. The van der Waals surface area contributed by atoms with Gasteiger partial charge in [0.25, 0.3) is 0 Å². The fourth-order valence-electron chi connectivity index (χ4n) is 4.40. The SMILES string of the molecule is N#Cc1cnc2cc(OCC3(O)CC3)cc(-c3ccc(N4CC5CC(C4)N5)nc3)n12. The van der Waals surface area contributed by atoms with Crippen molar-refractivity contribution in [3.63, 3.8) is 0 Å². The first-order valence-corrected chi connectivity index (χ1v) is 10.3. The summed E-state index contributed by atoms with van der Waals surface area (Å²) in [4.78, 5) is 11.4. The summed E-state index contributed by atoms with van der Waals surface area (Å²) in [6, 6.07) is 11.1. The third-order valence-electron chi connectivity index (χ3n) is 6.32. The molecule has 2 unspecified atom stereocenters. The molecule has 8 nitrogen and oxygen atoms in total. The van der Waals surface area contributed by atoms with Crippen LogP contribution in [0.15, 0.2) is 36.7 Å². The molecule has 3 aromatic heterocycles. The van der Waals surface area contributed by atoms with Crippen molar-refractivity contribution in [2.75, 3.05) is 24.6 Å². The molecule has 8 heteroatoms. The Morgan fingerprint density at radius 2 is 2.00 bits per heavy atom. The minimum Gasteiger partial charge on any atom is -0.490 e. The predicted molar refractivity (Wildman–Crippen MR) is 110 cm³/mol. The molecule has 3 aromatic rings. The van der Waals surface area contributed by atoms with Crippen molar-refractivity contribution < 1.29 is 9.84 Å². The minimum atomic E-state index is -0.702. The highest BCUT2D eigenvalue weighted by Gasteiger charge is 2.41. The van der Waals surface area contributed by atoms with Gasteiger partial charge in [0.05, 0.1) is 17.5 Å². The van der Waals surface area contributed by atoms with E-state index in [4.69, 9.17) is 9.72 Å². The fourth-order valence-corrected chi connectivity index (χ4v) is 4.40. The summed E-state index contributed by atoms with van der Waals surface area (Å²) in [5, 5.41) is 23.2. The van der Waals surface area contributed by atoms with Crippen molar-refractivity contribution in [2.45, 2.75) is 36.9 Å². The quantitative estimate of drug-likeness (QED) is 0.670. The molecule has 152 valence electrons. The highest BCUT2D eigenvalue weighted by molar-refractivity contribution is 5.68.